The summed E-state index contributed by atoms with van der Waals surface area (Å²) in [5.41, 5.74) is 0.644. The summed E-state index contributed by atoms with van der Waals surface area (Å²) in [6.07, 6.45) is 0.298. The fourth-order valence-electron chi connectivity index (χ4n) is 2.05. The molecule has 0 N–H and O–H groups in total. The fourth-order valence-corrected chi connectivity index (χ4v) is 4.35. The molecule has 1 fully saturated rings. The largest absolute Gasteiger partial charge is 0.274 e. The summed E-state index contributed by atoms with van der Waals surface area (Å²) < 4.78 is 26.6. The van der Waals surface area contributed by atoms with Gasteiger partial charge >= 0.3 is 0 Å². The van der Waals surface area contributed by atoms with E-state index in [2.05, 4.69) is 15.9 Å². The summed E-state index contributed by atoms with van der Waals surface area (Å²) in [5, 5.41) is 0. The smallest absolute Gasteiger partial charge is 0.266 e. The van der Waals surface area contributed by atoms with Gasteiger partial charge in [0, 0.05) is 17.4 Å². The molecule has 1 atom stereocenters. The molecule has 0 aliphatic carbocycles. The Morgan fingerprint density at radius 2 is 2.06 bits per heavy atom. The minimum atomic E-state index is -3.72. The zero-order valence-corrected chi connectivity index (χ0v) is 12.6. The van der Waals surface area contributed by atoms with Crippen LogP contribution < -0.4 is 0 Å². The van der Waals surface area contributed by atoms with Gasteiger partial charge in [0.1, 0.15) is 0 Å². The van der Waals surface area contributed by atoms with Gasteiger partial charge in [0.15, 0.2) is 0 Å². The lowest BCUT2D eigenvalue weighted by Crippen LogP contribution is -2.32. The van der Waals surface area contributed by atoms with E-state index in [9.17, 15) is 13.2 Å². The first kappa shape index (κ1) is 13.5. The molecular formula is C12H14BrNO3S. The highest BCUT2D eigenvalue weighted by Crippen LogP contribution is 2.28. The number of rotatable bonds is 2. The van der Waals surface area contributed by atoms with Crippen LogP contribution in [-0.4, -0.2) is 25.2 Å². The van der Waals surface area contributed by atoms with E-state index in [1.165, 1.54) is 0 Å². The average molecular weight is 332 g/mol. The number of hydrogen-bond donors (Lipinski definition) is 0. The quantitative estimate of drug-likeness (QED) is 0.835. The zero-order valence-electron chi connectivity index (χ0n) is 10.2. The highest BCUT2D eigenvalue weighted by Gasteiger charge is 2.37. The first-order valence-corrected chi connectivity index (χ1v) is 7.87. The van der Waals surface area contributed by atoms with Crippen molar-refractivity contribution < 1.29 is 13.2 Å². The number of carbonyl (C=O) groups excluding carboxylic acids is 1. The van der Waals surface area contributed by atoms with Gasteiger partial charge in [0.2, 0.25) is 5.91 Å². The van der Waals surface area contributed by atoms with Gasteiger partial charge in [-0.2, -0.15) is 0 Å². The molecule has 1 aliphatic rings. The van der Waals surface area contributed by atoms with Crippen molar-refractivity contribution in [2.45, 2.75) is 25.2 Å². The Bertz CT molecular complexity index is 597. The van der Waals surface area contributed by atoms with Crippen LogP contribution in [0.25, 0.3) is 0 Å². The van der Waals surface area contributed by atoms with E-state index in [4.69, 9.17) is 0 Å². The molecule has 1 aromatic rings. The van der Waals surface area contributed by atoms with Crippen molar-refractivity contribution in [3.8, 4) is 0 Å². The van der Waals surface area contributed by atoms with Crippen molar-refractivity contribution in [1.82, 2.24) is 4.31 Å². The molecule has 4 nitrogen and oxygen atoms in total. The number of carbonyl (C=O) groups is 1. The maximum atomic E-state index is 12.4. The summed E-state index contributed by atoms with van der Waals surface area (Å²) >= 11 is 3.26. The monoisotopic (exact) mass is 331 g/mol. The lowest BCUT2D eigenvalue weighted by molar-refractivity contribution is -0.123. The van der Waals surface area contributed by atoms with E-state index in [1.54, 1.807) is 25.1 Å². The molecule has 0 spiro atoms. The summed E-state index contributed by atoms with van der Waals surface area (Å²) in [5.74, 6) is -0.235. The van der Waals surface area contributed by atoms with Crippen LogP contribution in [0.3, 0.4) is 0 Å². The summed E-state index contributed by atoms with van der Waals surface area (Å²) in [6.45, 7) is 3.87. The Morgan fingerprint density at radius 3 is 2.61 bits per heavy atom. The molecule has 1 unspecified atom stereocenters. The summed E-state index contributed by atoms with van der Waals surface area (Å²) in [7, 11) is -3.72. The molecule has 6 heteroatoms. The van der Waals surface area contributed by atoms with Crippen LogP contribution >= 0.6 is 15.9 Å². The maximum absolute atomic E-state index is 12.4. The van der Waals surface area contributed by atoms with Gasteiger partial charge in [-0.05, 0) is 30.5 Å². The zero-order chi connectivity index (χ0) is 13.5. The molecule has 1 aromatic carbocycles. The predicted molar refractivity (Wildman–Crippen MR) is 71.6 cm³/mol. The van der Waals surface area contributed by atoms with Gasteiger partial charge < -0.3 is 0 Å². The number of hydrogen-bond acceptors (Lipinski definition) is 3. The molecule has 98 valence electrons. The topological polar surface area (TPSA) is 54.5 Å². The van der Waals surface area contributed by atoms with E-state index >= 15 is 0 Å². The number of halogens is 1. The lowest BCUT2D eigenvalue weighted by Gasteiger charge is -2.18. The Hall–Kier alpha value is -0.880. The van der Waals surface area contributed by atoms with E-state index in [-0.39, 0.29) is 23.3 Å². The van der Waals surface area contributed by atoms with Crippen LogP contribution in [0.1, 0.15) is 18.9 Å². The highest BCUT2D eigenvalue weighted by atomic mass is 79.9. The van der Waals surface area contributed by atoms with E-state index in [0.717, 1.165) is 4.31 Å². The standard InChI is InChI=1S/C12H14BrNO3S/c1-8-5-12(15)14(7-8)18(16,17)11-6-10(13)4-3-9(11)2/h3-4,6,8H,5,7H2,1-2H3. The average Bonchev–Trinajstić information content (AvgIpc) is 2.62. The van der Waals surface area contributed by atoms with Gasteiger partial charge in [-0.25, -0.2) is 12.7 Å². The van der Waals surface area contributed by atoms with Gasteiger partial charge in [0.05, 0.1) is 4.90 Å². The molecule has 1 saturated heterocycles. The third-order valence-corrected chi connectivity index (χ3v) is 5.42. The summed E-state index contributed by atoms with van der Waals surface area (Å²) in [4.78, 5) is 11.9. The fraction of sp³-hybridized carbons (Fsp3) is 0.417. The molecule has 18 heavy (non-hydrogen) atoms. The maximum Gasteiger partial charge on any atom is 0.266 e. The van der Waals surface area contributed by atoms with Crippen LogP contribution in [0, 0.1) is 12.8 Å². The Kier molecular flexibility index (Phi) is 3.51. The molecule has 1 heterocycles. The first-order valence-electron chi connectivity index (χ1n) is 5.64. The first-order chi connectivity index (χ1) is 8.32. The molecule has 1 amide bonds. The van der Waals surface area contributed by atoms with Crippen molar-refractivity contribution in [1.29, 1.82) is 0 Å². The number of nitrogens with zero attached hydrogens (tertiary/aromatic N) is 1. The molecule has 0 radical (unpaired) electrons. The molecule has 1 aliphatic heterocycles. The van der Waals surface area contributed by atoms with Crippen LogP contribution in [0.5, 0.6) is 0 Å². The SMILES string of the molecule is Cc1ccc(Br)cc1S(=O)(=O)N1CC(C)CC1=O. The van der Waals surface area contributed by atoms with Crippen LogP contribution in [0.2, 0.25) is 0 Å². The third kappa shape index (κ3) is 2.31. The number of benzene rings is 1. The van der Waals surface area contributed by atoms with Crippen molar-refractivity contribution >= 4 is 31.9 Å². The molecule has 2 rings (SSSR count). The minimum absolute atomic E-state index is 0.0831. The van der Waals surface area contributed by atoms with Gasteiger partial charge in [0.25, 0.3) is 10.0 Å². The minimum Gasteiger partial charge on any atom is -0.274 e. The van der Waals surface area contributed by atoms with E-state index < -0.39 is 10.0 Å². The number of sulfonamides is 1. The van der Waals surface area contributed by atoms with Crippen molar-refractivity contribution in [2.75, 3.05) is 6.54 Å². The number of amides is 1. The second kappa shape index (κ2) is 4.66. The third-order valence-electron chi connectivity index (χ3n) is 3.00. The van der Waals surface area contributed by atoms with Crippen LogP contribution in [-0.2, 0) is 14.8 Å². The lowest BCUT2D eigenvalue weighted by atomic mass is 10.2. The second-order valence-electron chi connectivity index (χ2n) is 4.65. The molecular weight excluding hydrogens is 318 g/mol. The predicted octanol–water partition coefficient (Wildman–Crippen LogP) is 2.31. The molecule has 0 saturated carbocycles. The Morgan fingerprint density at radius 1 is 1.39 bits per heavy atom. The van der Waals surface area contributed by atoms with Gasteiger partial charge in [-0.3, -0.25) is 4.79 Å². The number of aryl methyl sites for hydroxylation is 1. The normalized spacial score (nSPS) is 20.5. The summed E-state index contributed by atoms with van der Waals surface area (Å²) in [6, 6.07) is 5.05. The second-order valence-corrected chi connectivity index (χ2v) is 7.40. The van der Waals surface area contributed by atoms with E-state index in [0.29, 0.717) is 16.5 Å². The van der Waals surface area contributed by atoms with Crippen LogP contribution in [0.15, 0.2) is 27.6 Å². The van der Waals surface area contributed by atoms with Crippen molar-refractivity contribution in [3.05, 3.63) is 28.2 Å². The molecule has 0 aromatic heterocycles. The van der Waals surface area contributed by atoms with Gasteiger partial charge in [-0.1, -0.05) is 28.9 Å². The Balaban J connectivity index is 2.49. The highest BCUT2D eigenvalue weighted by molar-refractivity contribution is 9.10. The Labute approximate surface area is 115 Å². The van der Waals surface area contributed by atoms with Crippen molar-refractivity contribution in [2.24, 2.45) is 5.92 Å². The van der Waals surface area contributed by atoms with Crippen molar-refractivity contribution in [3.63, 3.8) is 0 Å². The van der Waals surface area contributed by atoms with Crippen LogP contribution in [0.4, 0.5) is 0 Å². The van der Waals surface area contributed by atoms with Gasteiger partial charge in [-0.15, -0.1) is 0 Å². The van der Waals surface area contributed by atoms with E-state index in [1.807, 2.05) is 6.92 Å². The molecule has 0 bridgehead atoms.